The number of unbranched alkanes of at least 4 members (excludes halogenated alkanes) is 2. The maximum absolute atomic E-state index is 13.1. The number of carbonyl (C=O) groups excluding carboxylic acids is 1. The zero-order chi connectivity index (χ0) is 23.1. The lowest BCUT2D eigenvalue weighted by Crippen LogP contribution is -2.29. The second-order valence-corrected chi connectivity index (χ2v) is 9.63. The van der Waals surface area contributed by atoms with Crippen LogP contribution in [0.4, 0.5) is 0 Å². The molecule has 0 bridgehead atoms. The summed E-state index contributed by atoms with van der Waals surface area (Å²) in [6.45, 7) is 8.03. The van der Waals surface area contributed by atoms with Crippen LogP contribution in [0.15, 0.2) is 22.6 Å². The van der Waals surface area contributed by atoms with Crippen molar-refractivity contribution < 1.29 is 9.21 Å². The minimum atomic E-state index is -0.186. The van der Waals surface area contributed by atoms with Gasteiger partial charge in [0, 0.05) is 35.4 Å². The molecule has 0 saturated carbocycles. The third-order valence-corrected chi connectivity index (χ3v) is 6.87. The molecular formula is C25H35Cl2N3O2. The molecule has 1 N–H and O–H groups in total. The van der Waals surface area contributed by atoms with E-state index in [2.05, 4.69) is 31.2 Å². The molecule has 0 spiro atoms. The minimum Gasteiger partial charge on any atom is -0.452 e. The molecule has 1 aromatic carbocycles. The number of alkyl halides is 1. The Labute approximate surface area is 200 Å². The van der Waals surface area contributed by atoms with Crippen LogP contribution in [0.3, 0.4) is 0 Å². The number of hydrogen-bond acceptors (Lipinski definition) is 3. The molecule has 32 heavy (non-hydrogen) atoms. The number of fused-ring (bicyclic) bond motifs is 3. The van der Waals surface area contributed by atoms with Gasteiger partial charge in [0.25, 0.3) is 5.91 Å². The van der Waals surface area contributed by atoms with E-state index in [4.69, 9.17) is 27.6 Å². The maximum atomic E-state index is 13.1. The van der Waals surface area contributed by atoms with Gasteiger partial charge in [-0.1, -0.05) is 58.1 Å². The lowest BCUT2D eigenvalue weighted by molar-refractivity contribution is 0.0941. The molecule has 1 unspecified atom stereocenters. The van der Waals surface area contributed by atoms with E-state index < -0.39 is 0 Å². The molecule has 0 fully saturated rings. The van der Waals surface area contributed by atoms with Gasteiger partial charge in [0.05, 0.1) is 0 Å². The monoisotopic (exact) mass is 479 g/mol. The van der Waals surface area contributed by atoms with Gasteiger partial charge in [0.2, 0.25) is 0 Å². The number of amides is 1. The first kappa shape index (κ1) is 24.9. The zero-order valence-corrected chi connectivity index (χ0v) is 20.9. The van der Waals surface area contributed by atoms with Crippen LogP contribution in [0.2, 0.25) is 5.02 Å². The van der Waals surface area contributed by atoms with Gasteiger partial charge in [-0.3, -0.25) is 9.48 Å². The van der Waals surface area contributed by atoms with Crippen LogP contribution in [0.1, 0.15) is 76.2 Å². The van der Waals surface area contributed by atoms with Crippen LogP contribution < -0.4 is 5.32 Å². The fourth-order valence-corrected chi connectivity index (χ4v) is 4.55. The summed E-state index contributed by atoms with van der Waals surface area (Å²) in [5.41, 5.74) is 2.40. The molecule has 2 heterocycles. The molecule has 5 nitrogen and oxygen atoms in total. The molecule has 3 rings (SSSR count). The standard InChI is InChI=1S/C25H35Cl2N3O2/c1-4-18(5-2)10-9-17(3)16-28-25(31)22-24-23(30(29-22)14-8-6-7-13-26)20-12-11-19(27)15-21(20)32-24/h11-12,15,17-18H,4-10,13-14,16H2,1-3H3,(H,28,31). The molecule has 176 valence electrons. The summed E-state index contributed by atoms with van der Waals surface area (Å²) in [4.78, 5) is 13.1. The summed E-state index contributed by atoms with van der Waals surface area (Å²) in [6, 6.07) is 5.56. The van der Waals surface area contributed by atoms with Crippen molar-refractivity contribution in [2.45, 2.75) is 72.3 Å². The summed E-state index contributed by atoms with van der Waals surface area (Å²) in [7, 11) is 0. The van der Waals surface area contributed by atoms with Crippen molar-refractivity contribution in [1.29, 1.82) is 0 Å². The number of benzene rings is 1. The fraction of sp³-hybridized carbons (Fsp3) is 0.600. The maximum Gasteiger partial charge on any atom is 0.275 e. The Kier molecular flexibility index (Phi) is 9.30. The van der Waals surface area contributed by atoms with E-state index in [1.54, 1.807) is 6.07 Å². The van der Waals surface area contributed by atoms with Crippen molar-refractivity contribution >= 4 is 51.2 Å². The number of nitrogens with one attached hydrogen (secondary N) is 1. The first-order valence-electron chi connectivity index (χ1n) is 11.9. The van der Waals surface area contributed by atoms with Crippen LogP contribution in [0.25, 0.3) is 22.1 Å². The second-order valence-electron chi connectivity index (χ2n) is 8.82. The summed E-state index contributed by atoms with van der Waals surface area (Å²) < 4.78 is 7.96. The second kappa shape index (κ2) is 11.9. The first-order valence-corrected chi connectivity index (χ1v) is 12.8. The smallest absolute Gasteiger partial charge is 0.275 e. The molecule has 0 radical (unpaired) electrons. The quantitative estimate of drug-likeness (QED) is 0.204. The SMILES string of the molecule is CCC(CC)CCC(C)CNC(=O)c1nn(CCCCCCl)c2c1oc1cc(Cl)ccc12. The van der Waals surface area contributed by atoms with Crippen molar-refractivity contribution in [1.82, 2.24) is 15.1 Å². The highest BCUT2D eigenvalue weighted by molar-refractivity contribution is 6.31. The number of hydrogen-bond donors (Lipinski definition) is 1. The minimum absolute atomic E-state index is 0.186. The Hall–Kier alpha value is -1.72. The molecule has 0 aliphatic rings. The van der Waals surface area contributed by atoms with Crippen LogP contribution >= 0.6 is 23.2 Å². The van der Waals surface area contributed by atoms with Gasteiger partial charge in [-0.25, -0.2) is 0 Å². The van der Waals surface area contributed by atoms with Crippen molar-refractivity contribution in [3.05, 3.63) is 28.9 Å². The zero-order valence-electron chi connectivity index (χ0n) is 19.4. The third kappa shape index (κ3) is 5.99. The largest absolute Gasteiger partial charge is 0.452 e. The molecule has 0 aliphatic heterocycles. The van der Waals surface area contributed by atoms with E-state index in [0.29, 0.717) is 46.8 Å². The number of halogens is 2. The Morgan fingerprint density at radius 2 is 1.97 bits per heavy atom. The van der Waals surface area contributed by atoms with Gasteiger partial charge in [0.15, 0.2) is 11.3 Å². The van der Waals surface area contributed by atoms with Crippen LogP contribution in [0.5, 0.6) is 0 Å². The number of rotatable bonds is 13. The molecule has 0 saturated heterocycles. The number of carbonyl (C=O) groups is 1. The average molecular weight is 480 g/mol. The van der Waals surface area contributed by atoms with E-state index in [9.17, 15) is 4.79 Å². The van der Waals surface area contributed by atoms with Crippen LogP contribution in [-0.4, -0.2) is 28.1 Å². The van der Waals surface area contributed by atoms with Crippen LogP contribution in [0, 0.1) is 11.8 Å². The molecule has 7 heteroatoms. The van der Waals surface area contributed by atoms with Crippen molar-refractivity contribution in [3.63, 3.8) is 0 Å². The first-order chi connectivity index (χ1) is 15.5. The molecule has 1 atom stereocenters. The van der Waals surface area contributed by atoms with Gasteiger partial charge in [-0.15, -0.1) is 11.6 Å². The Morgan fingerprint density at radius 1 is 1.19 bits per heavy atom. The third-order valence-electron chi connectivity index (χ3n) is 6.37. The number of nitrogens with zero attached hydrogens (tertiary/aromatic N) is 2. The summed E-state index contributed by atoms with van der Waals surface area (Å²) >= 11 is 12.0. The lowest BCUT2D eigenvalue weighted by atomic mass is 9.93. The summed E-state index contributed by atoms with van der Waals surface area (Å²) in [5, 5.41) is 9.25. The Morgan fingerprint density at radius 3 is 2.69 bits per heavy atom. The molecule has 2 aromatic heterocycles. The van der Waals surface area contributed by atoms with Crippen molar-refractivity contribution in [2.75, 3.05) is 12.4 Å². The van der Waals surface area contributed by atoms with E-state index in [1.165, 1.54) is 19.3 Å². The number of aryl methyl sites for hydroxylation is 1. The number of aromatic nitrogens is 2. The van der Waals surface area contributed by atoms with Crippen molar-refractivity contribution in [2.24, 2.45) is 11.8 Å². The van der Waals surface area contributed by atoms with Crippen LogP contribution in [-0.2, 0) is 6.54 Å². The number of furan rings is 1. The predicted octanol–water partition coefficient (Wildman–Crippen LogP) is 7.43. The van der Waals surface area contributed by atoms with Crippen molar-refractivity contribution in [3.8, 4) is 0 Å². The van der Waals surface area contributed by atoms with Gasteiger partial charge in [-0.05, 0) is 43.2 Å². The fourth-order valence-electron chi connectivity index (χ4n) is 4.20. The highest BCUT2D eigenvalue weighted by Gasteiger charge is 2.24. The lowest BCUT2D eigenvalue weighted by Gasteiger charge is -2.16. The van der Waals surface area contributed by atoms with Gasteiger partial charge in [-0.2, -0.15) is 5.10 Å². The van der Waals surface area contributed by atoms with Gasteiger partial charge >= 0.3 is 0 Å². The van der Waals surface area contributed by atoms with E-state index in [-0.39, 0.29) is 5.91 Å². The van der Waals surface area contributed by atoms with E-state index in [1.807, 2.05) is 16.8 Å². The summed E-state index contributed by atoms with van der Waals surface area (Å²) in [6.07, 6.45) is 7.67. The molecule has 3 aromatic rings. The molecule has 0 aliphatic carbocycles. The van der Waals surface area contributed by atoms with Gasteiger partial charge < -0.3 is 9.73 Å². The topological polar surface area (TPSA) is 60.1 Å². The van der Waals surface area contributed by atoms with E-state index in [0.717, 1.165) is 42.5 Å². The summed E-state index contributed by atoms with van der Waals surface area (Å²) in [5.74, 6) is 1.66. The normalized spacial score (nSPS) is 12.8. The molecular weight excluding hydrogens is 445 g/mol. The Balaban J connectivity index is 1.77. The average Bonchev–Trinajstić information content (AvgIpc) is 3.32. The highest BCUT2D eigenvalue weighted by Crippen LogP contribution is 2.33. The molecule has 1 amide bonds. The predicted molar refractivity (Wildman–Crippen MR) is 134 cm³/mol. The Bertz CT molecular complexity index is 1020. The van der Waals surface area contributed by atoms with Gasteiger partial charge in [0.1, 0.15) is 11.1 Å². The van der Waals surface area contributed by atoms with E-state index >= 15 is 0 Å². The highest BCUT2D eigenvalue weighted by atomic mass is 35.5.